The van der Waals surface area contributed by atoms with E-state index in [2.05, 4.69) is 29.3 Å². The molecular formula is C25H25NO. The number of nitrogens with zero attached hydrogens (tertiary/aromatic N) is 1. The van der Waals surface area contributed by atoms with Crippen molar-refractivity contribution in [1.82, 2.24) is 0 Å². The third kappa shape index (κ3) is 4.11. The van der Waals surface area contributed by atoms with Gasteiger partial charge in [0, 0.05) is 17.3 Å². The lowest BCUT2D eigenvalue weighted by molar-refractivity contribution is 0.442. The van der Waals surface area contributed by atoms with Crippen LogP contribution in [0.25, 0.3) is 11.1 Å². The SMILES string of the molecule is Oc1c(C=Nc2ccccc2)cc(C2CCCCC2)cc1-c1ccccc1. The quantitative estimate of drug-likeness (QED) is 0.510. The molecule has 0 spiro atoms. The monoisotopic (exact) mass is 355 g/mol. The van der Waals surface area contributed by atoms with E-state index < -0.39 is 0 Å². The minimum Gasteiger partial charge on any atom is -0.507 e. The number of para-hydroxylation sites is 1. The van der Waals surface area contributed by atoms with Gasteiger partial charge >= 0.3 is 0 Å². The third-order valence-electron chi connectivity index (χ3n) is 5.43. The van der Waals surface area contributed by atoms with Crippen LogP contribution in [0, 0.1) is 0 Å². The Morgan fingerprint density at radius 1 is 0.815 bits per heavy atom. The van der Waals surface area contributed by atoms with Gasteiger partial charge in [-0.05, 0) is 54.2 Å². The van der Waals surface area contributed by atoms with E-state index in [1.807, 2.05) is 48.5 Å². The van der Waals surface area contributed by atoms with Crippen molar-refractivity contribution >= 4 is 11.9 Å². The number of hydrogen-bond donors (Lipinski definition) is 1. The van der Waals surface area contributed by atoms with Crippen LogP contribution in [0.3, 0.4) is 0 Å². The largest absolute Gasteiger partial charge is 0.507 e. The molecule has 0 radical (unpaired) electrons. The van der Waals surface area contributed by atoms with E-state index in [4.69, 9.17) is 0 Å². The van der Waals surface area contributed by atoms with E-state index in [0.29, 0.717) is 11.7 Å². The fraction of sp³-hybridized carbons (Fsp3) is 0.240. The highest BCUT2D eigenvalue weighted by molar-refractivity contribution is 5.90. The maximum Gasteiger partial charge on any atom is 0.132 e. The summed E-state index contributed by atoms with van der Waals surface area (Å²) in [5.41, 5.74) is 4.94. The minimum atomic E-state index is 0.306. The van der Waals surface area contributed by atoms with Gasteiger partial charge in [0.05, 0.1) is 5.69 Å². The third-order valence-corrected chi connectivity index (χ3v) is 5.43. The fourth-order valence-electron chi connectivity index (χ4n) is 3.95. The summed E-state index contributed by atoms with van der Waals surface area (Å²) in [5, 5.41) is 11.0. The molecule has 0 atom stereocenters. The highest BCUT2D eigenvalue weighted by Crippen LogP contribution is 2.39. The molecule has 0 aromatic heterocycles. The lowest BCUT2D eigenvalue weighted by Gasteiger charge is -2.23. The Morgan fingerprint density at radius 3 is 2.19 bits per heavy atom. The highest BCUT2D eigenvalue weighted by atomic mass is 16.3. The molecule has 0 bridgehead atoms. The van der Waals surface area contributed by atoms with Gasteiger partial charge in [0.15, 0.2) is 0 Å². The molecule has 136 valence electrons. The summed E-state index contributed by atoms with van der Waals surface area (Å²) < 4.78 is 0. The number of benzene rings is 3. The molecule has 0 aliphatic heterocycles. The standard InChI is InChI=1S/C25H25NO/c27-25-22(18-26-23-14-8-3-9-15-23)16-21(19-10-4-1-5-11-19)17-24(25)20-12-6-2-7-13-20/h2-3,6-9,12-19,27H,1,4-5,10-11H2. The van der Waals surface area contributed by atoms with E-state index >= 15 is 0 Å². The average molecular weight is 355 g/mol. The molecule has 4 rings (SSSR count). The zero-order valence-electron chi connectivity index (χ0n) is 15.5. The van der Waals surface area contributed by atoms with Crippen LogP contribution in [0.4, 0.5) is 5.69 Å². The molecule has 27 heavy (non-hydrogen) atoms. The van der Waals surface area contributed by atoms with Crippen molar-refractivity contribution in [1.29, 1.82) is 0 Å². The Kier molecular flexibility index (Phi) is 5.34. The van der Waals surface area contributed by atoms with Crippen molar-refractivity contribution in [3.05, 3.63) is 83.9 Å². The maximum absolute atomic E-state index is 11.0. The summed E-state index contributed by atoms with van der Waals surface area (Å²) in [4.78, 5) is 4.57. The van der Waals surface area contributed by atoms with Gasteiger partial charge in [0.25, 0.3) is 0 Å². The number of phenols is 1. The molecule has 3 aromatic carbocycles. The van der Waals surface area contributed by atoms with Crippen LogP contribution in [0.2, 0.25) is 0 Å². The van der Waals surface area contributed by atoms with E-state index in [1.54, 1.807) is 6.21 Å². The molecule has 0 heterocycles. The van der Waals surface area contributed by atoms with Crippen LogP contribution >= 0.6 is 0 Å². The average Bonchev–Trinajstić information content (AvgIpc) is 2.75. The molecule has 0 saturated heterocycles. The van der Waals surface area contributed by atoms with Gasteiger partial charge in [-0.2, -0.15) is 0 Å². The first-order chi connectivity index (χ1) is 13.3. The van der Waals surface area contributed by atoms with Crippen molar-refractivity contribution < 1.29 is 5.11 Å². The molecule has 0 amide bonds. The summed E-state index contributed by atoms with van der Waals surface area (Å²) in [6.07, 6.45) is 8.17. The van der Waals surface area contributed by atoms with Gasteiger partial charge in [0.2, 0.25) is 0 Å². The second-order valence-corrected chi connectivity index (χ2v) is 7.30. The zero-order chi connectivity index (χ0) is 18.5. The molecule has 2 nitrogen and oxygen atoms in total. The van der Waals surface area contributed by atoms with Crippen LogP contribution in [0.5, 0.6) is 5.75 Å². The first-order valence-electron chi connectivity index (χ1n) is 9.83. The predicted molar refractivity (Wildman–Crippen MR) is 113 cm³/mol. The summed E-state index contributed by atoms with van der Waals surface area (Å²) in [6, 6.07) is 24.3. The van der Waals surface area contributed by atoms with Gasteiger partial charge in [-0.3, -0.25) is 4.99 Å². The van der Waals surface area contributed by atoms with Crippen molar-refractivity contribution in [2.24, 2.45) is 4.99 Å². The van der Waals surface area contributed by atoms with Gasteiger partial charge < -0.3 is 5.11 Å². The number of hydrogen-bond acceptors (Lipinski definition) is 2. The summed E-state index contributed by atoms with van der Waals surface area (Å²) in [7, 11) is 0. The van der Waals surface area contributed by atoms with Crippen molar-refractivity contribution in [3.8, 4) is 16.9 Å². The number of aromatic hydroxyl groups is 1. The van der Waals surface area contributed by atoms with Crippen molar-refractivity contribution in [2.75, 3.05) is 0 Å². The van der Waals surface area contributed by atoms with E-state index in [0.717, 1.165) is 22.4 Å². The molecule has 1 fully saturated rings. The highest BCUT2D eigenvalue weighted by Gasteiger charge is 2.19. The van der Waals surface area contributed by atoms with E-state index in [1.165, 1.54) is 37.7 Å². The van der Waals surface area contributed by atoms with Crippen LogP contribution < -0.4 is 0 Å². The first-order valence-corrected chi connectivity index (χ1v) is 9.83. The lowest BCUT2D eigenvalue weighted by atomic mass is 9.82. The van der Waals surface area contributed by atoms with Crippen LogP contribution in [0.15, 0.2) is 77.8 Å². The predicted octanol–water partition coefficient (Wildman–Crippen LogP) is 6.86. The summed E-state index contributed by atoms with van der Waals surface area (Å²) >= 11 is 0. The minimum absolute atomic E-state index is 0.306. The Hall–Kier alpha value is -2.87. The van der Waals surface area contributed by atoms with Crippen LogP contribution in [-0.4, -0.2) is 11.3 Å². The molecule has 1 N–H and O–H groups in total. The van der Waals surface area contributed by atoms with Gasteiger partial charge in [0.1, 0.15) is 5.75 Å². The molecule has 0 unspecified atom stereocenters. The van der Waals surface area contributed by atoms with Crippen LogP contribution in [0.1, 0.15) is 49.1 Å². The lowest BCUT2D eigenvalue weighted by Crippen LogP contribution is -2.05. The van der Waals surface area contributed by atoms with Crippen molar-refractivity contribution in [3.63, 3.8) is 0 Å². The molecule has 3 aromatic rings. The Bertz CT molecular complexity index is 910. The van der Waals surface area contributed by atoms with Crippen LogP contribution in [-0.2, 0) is 0 Å². The fourth-order valence-corrected chi connectivity index (χ4v) is 3.95. The van der Waals surface area contributed by atoms with Gasteiger partial charge in [-0.15, -0.1) is 0 Å². The normalized spacial score (nSPS) is 15.3. The molecular weight excluding hydrogens is 330 g/mol. The van der Waals surface area contributed by atoms with E-state index in [-0.39, 0.29) is 0 Å². The molecule has 1 saturated carbocycles. The number of phenolic OH excluding ortho intramolecular Hbond substituents is 1. The van der Waals surface area contributed by atoms with Gasteiger partial charge in [-0.25, -0.2) is 0 Å². The number of aliphatic imine (C=N–C) groups is 1. The second kappa shape index (κ2) is 8.22. The topological polar surface area (TPSA) is 32.6 Å². The second-order valence-electron chi connectivity index (χ2n) is 7.30. The Morgan fingerprint density at radius 2 is 1.48 bits per heavy atom. The zero-order valence-corrected chi connectivity index (χ0v) is 15.5. The smallest absolute Gasteiger partial charge is 0.132 e. The Labute approximate surface area is 161 Å². The summed E-state index contributed by atoms with van der Waals surface area (Å²) in [6.45, 7) is 0. The molecule has 2 heteroatoms. The van der Waals surface area contributed by atoms with Gasteiger partial charge in [-0.1, -0.05) is 67.8 Å². The molecule has 1 aliphatic rings. The number of rotatable bonds is 4. The first kappa shape index (κ1) is 17.5. The van der Waals surface area contributed by atoms with E-state index in [9.17, 15) is 5.11 Å². The Balaban J connectivity index is 1.77. The maximum atomic E-state index is 11.0. The van der Waals surface area contributed by atoms with Crippen molar-refractivity contribution in [2.45, 2.75) is 38.0 Å². The molecule has 1 aliphatic carbocycles. The summed E-state index contributed by atoms with van der Waals surface area (Å²) in [5.74, 6) is 0.881.